The first-order valence-electron chi connectivity index (χ1n) is 3.43. The summed E-state index contributed by atoms with van der Waals surface area (Å²) in [6.07, 6.45) is 2.86. The minimum absolute atomic E-state index is 0. The van der Waals surface area contributed by atoms with Crippen LogP contribution in [0.25, 0.3) is 0 Å². The monoisotopic (exact) mass is 330 g/mol. The van der Waals surface area contributed by atoms with Gasteiger partial charge in [0.25, 0.3) is 0 Å². The molecule has 0 spiro atoms. The molecule has 1 aliphatic carbocycles. The summed E-state index contributed by atoms with van der Waals surface area (Å²) in [5, 5.41) is 8.53. The van der Waals surface area contributed by atoms with Crippen molar-refractivity contribution in [2.24, 2.45) is 11.8 Å². The molecular formula is C7H12HgO2. The van der Waals surface area contributed by atoms with Gasteiger partial charge in [0, 0.05) is 27.7 Å². The predicted molar refractivity (Wildman–Crippen MR) is 34.1 cm³/mol. The van der Waals surface area contributed by atoms with Crippen LogP contribution >= 0.6 is 0 Å². The summed E-state index contributed by atoms with van der Waals surface area (Å²) in [6, 6.07) is 0. The van der Waals surface area contributed by atoms with Crippen molar-refractivity contribution in [1.29, 1.82) is 0 Å². The fraction of sp³-hybridized carbons (Fsp3) is 0.857. The van der Waals surface area contributed by atoms with E-state index < -0.39 is 5.97 Å². The molecule has 2 nitrogen and oxygen atoms in total. The van der Waals surface area contributed by atoms with Crippen LogP contribution in [0.4, 0.5) is 0 Å². The second kappa shape index (κ2) is 4.32. The summed E-state index contributed by atoms with van der Waals surface area (Å²) in [5.41, 5.74) is 0. The summed E-state index contributed by atoms with van der Waals surface area (Å²) < 4.78 is 0. The van der Waals surface area contributed by atoms with Crippen LogP contribution < -0.4 is 0 Å². The van der Waals surface area contributed by atoms with E-state index in [1.165, 1.54) is 0 Å². The van der Waals surface area contributed by atoms with Gasteiger partial charge in [-0.25, -0.2) is 0 Å². The molecule has 0 aromatic heterocycles. The number of carboxylic acid groups (broad SMARTS) is 1. The summed E-state index contributed by atoms with van der Waals surface area (Å²) in [7, 11) is 0. The third kappa shape index (κ3) is 2.56. The smallest absolute Gasteiger partial charge is 0.306 e. The molecule has 54 valence electrons. The Bertz CT molecular complexity index is 125. The van der Waals surface area contributed by atoms with Crippen molar-refractivity contribution in [3.8, 4) is 0 Å². The fourth-order valence-electron chi connectivity index (χ4n) is 1.43. The zero-order valence-corrected chi connectivity index (χ0v) is 11.8. The Balaban J connectivity index is 0.000000810. The van der Waals surface area contributed by atoms with Crippen molar-refractivity contribution in [3.63, 3.8) is 0 Å². The first-order valence-corrected chi connectivity index (χ1v) is 3.43. The topological polar surface area (TPSA) is 37.3 Å². The number of carbonyl (C=O) groups is 1. The van der Waals surface area contributed by atoms with Crippen LogP contribution in [0, 0.1) is 11.8 Å². The minimum Gasteiger partial charge on any atom is -0.481 e. The van der Waals surface area contributed by atoms with Crippen molar-refractivity contribution in [2.45, 2.75) is 26.2 Å². The Kier molecular flexibility index (Phi) is 4.49. The Morgan fingerprint density at radius 2 is 2.10 bits per heavy atom. The molecule has 0 aromatic rings. The van der Waals surface area contributed by atoms with E-state index in [4.69, 9.17) is 5.11 Å². The van der Waals surface area contributed by atoms with Crippen molar-refractivity contribution in [2.75, 3.05) is 0 Å². The maximum absolute atomic E-state index is 10.3. The van der Waals surface area contributed by atoms with E-state index in [2.05, 4.69) is 6.92 Å². The molecule has 1 aliphatic rings. The van der Waals surface area contributed by atoms with Gasteiger partial charge in [-0.05, 0) is 25.2 Å². The van der Waals surface area contributed by atoms with Gasteiger partial charge in [0.2, 0.25) is 0 Å². The van der Waals surface area contributed by atoms with Crippen molar-refractivity contribution in [3.05, 3.63) is 0 Å². The number of carboxylic acids is 1. The molecule has 1 rings (SSSR count). The van der Waals surface area contributed by atoms with E-state index in [0.29, 0.717) is 5.92 Å². The quantitative estimate of drug-likeness (QED) is 0.741. The minimum atomic E-state index is -0.612. The van der Waals surface area contributed by atoms with Gasteiger partial charge >= 0.3 is 5.97 Å². The molecule has 0 radical (unpaired) electrons. The molecule has 0 aromatic carbocycles. The first-order chi connectivity index (χ1) is 4.20. The molecule has 2 atom stereocenters. The Morgan fingerprint density at radius 1 is 1.50 bits per heavy atom. The number of rotatable bonds is 1. The predicted octanol–water partition coefficient (Wildman–Crippen LogP) is 1.50. The van der Waals surface area contributed by atoms with Gasteiger partial charge in [-0.2, -0.15) is 0 Å². The molecule has 2 unspecified atom stereocenters. The van der Waals surface area contributed by atoms with E-state index in [1.807, 2.05) is 0 Å². The maximum Gasteiger partial charge on any atom is 0.306 e. The van der Waals surface area contributed by atoms with Crippen LogP contribution in [0.5, 0.6) is 0 Å². The maximum atomic E-state index is 10.3. The van der Waals surface area contributed by atoms with Gasteiger partial charge in [0.1, 0.15) is 0 Å². The average molecular weight is 329 g/mol. The molecule has 0 aliphatic heterocycles. The van der Waals surface area contributed by atoms with Crippen LogP contribution in [-0.4, -0.2) is 11.1 Å². The van der Waals surface area contributed by atoms with E-state index in [-0.39, 0.29) is 33.6 Å². The normalized spacial score (nSPS) is 31.3. The molecule has 0 heterocycles. The number of hydrogen-bond donors (Lipinski definition) is 1. The van der Waals surface area contributed by atoms with Gasteiger partial charge in [-0.3, -0.25) is 4.79 Å². The van der Waals surface area contributed by atoms with Gasteiger partial charge in [-0.1, -0.05) is 6.92 Å². The average Bonchev–Trinajstić information content (AvgIpc) is 2.14. The van der Waals surface area contributed by atoms with Crippen molar-refractivity contribution >= 4 is 5.97 Å². The van der Waals surface area contributed by atoms with Crippen LogP contribution in [0.3, 0.4) is 0 Å². The van der Waals surface area contributed by atoms with E-state index in [9.17, 15) is 4.79 Å². The van der Waals surface area contributed by atoms with Gasteiger partial charge in [0.15, 0.2) is 0 Å². The summed E-state index contributed by atoms with van der Waals surface area (Å²) in [6.45, 7) is 2.11. The summed E-state index contributed by atoms with van der Waals surface area (Å²) in [4.78, 5) is 10.3. The van der Waals surface area contributed by atoms with Gasteiger partial charge in [0.05, 0.1) is 5.92 Å². The molecule has 0 bridgehead atoms. The van der Waals surface area contributed by atoms with E-state index in [0.717, 1.165) is 19.3 Å². The number of aliphatic carboxylic acids is 1. The van der Waals surface area contributed by atoms with Crippen LogP contribution in [0.1, 0.15) is 26.2 Å². The Labute approximate surface area is 81.5 Å². The standard InChI is InChI=1S/C7H12O2.Hg/c1-5-2-3-6(4-5)7(8)9;/h5-6H,2-4H2,1H3,(H,8,9);. The summed E-state index contributed by atoms with van der Waals surface area (Å²) >= 11 is 0. The Morgan fingerprint density at radius 3 is 2.30 bits per heavy atom. The van der Waals surface area contributed by atoms with E-state index in [1.54, 1.807) is 0 Å². The molecule has 0 amide bonds. The molecule has 1 fully saturated rings. The van der Waals surface area contributed by atoms with Gasteiger partial charge in [-0.15, -0.1) is 0 Å². The third-order valence-electron chi connectivity index (χ3n) is 2.04. The molecule has 1 saturated carbocycles. The Hall–Kier alpha value is 0.405. The van der Waals surface area contributed by atoms with E-state index >= 15 is 0 Å². The van der Waals surface area contributed by atoms with Crippen molar-refractivity contribution < 1.29 is 37.6 Å². The molecule has 0 saturated heterocycles. The second-order valence-electron chi connectivity index (χ2n) is 2.95. The summed E-state index contributed by atoms with van der Waals surface area (Å²) in [5.74, 6) is -0.0227. The molecule has 1 N–H and O–H groups in total. The number of hydrogen-bond acceptors (Lipinski definition) is 1. The fourth-order valence-corrected chi connectivity index (χ4v) is 1.43. The first kappa shape index (κ1) is 10.4. The zero-order chi connectivity index (χ0) is 6.85. The van der Waals surface area contributed by atoms with Crippen molar-refractivity contribution in [1.82, 2.24) is 0 Å². The van der Waals surface area contributed by atoms with Gasteiger partial charge < -0.3 is 5.11 Å². The second-order valence-corrected chi connectivity index (χ2v) is 2.95. The van der Waals surface area contributed by atoms with Crippen LogP contribution in [0.2, 0.25) is 0 Å². The third-order valence-corrected chi connectivity index (χ3v) is 2.04. The molecule has 3 heteroatoms. The SMILES string of the molecule is CC1CCC(C(=O)O)C1.[Hg]. The van der Waals surface area contributed by atoms with Crippen LogP contribution in [0.15, 0.2) is 0 Å². The largest absolute Gasteiger partial charge is 0.481 e. The van der Waals surface area contributed by atoms with Crippen LogP contribution in [-0.2, 0) is 32.5 Å². The molecule has 10 heavy (non-hydrogen) atoms. The molecular weight excluding hydrogens is 317 g/mol. The zero-order valence-electron chi connectivity index (χ0n) is 6.34.